The average Bonchev–Trinajstić information content (AvgIpc) is 2.88. The van der Waals surface area contributed by atoms with Gasteiger partial charge in [-0.25, -0.2) is 8.42 Å². The third kappa shape index (κ3) is 2.50. The minimum Gasteiger partial charge on any atom is -0.497 e. The fraction of sp³-hybridized carbons (Fsp3) is 0.500. The number of benzene rings is 1. The molecule has 1 aliphatic rings. The first kappa shape index (κ1) is 13.3. The third-order valence-corrected chi connectivity index (χ3v) is 5.16. The van der Waals surface area contributed by atoms with Crippen molar-refractivity contribution in [3.05, 3.63) is 24.3 Å². The zero-order valence-corrected chi connectivity index (χ0v) is 11.2. The molecular formula is C12H18N2O3S. The van der Waals surface area contributed by atoms with E-state index in [1.807, 2.05) is 0 Å². The molecule has 18 heavy (non-hydrogen) atoms. The molecule has 1 aromatic carbocycles. The molecule has 1 aliphatic heterocycles. The first-order valence-corrected chi connectivity index (χ1v) is 7.36. The van der Waals surface area contributed by atoms with Crippen molar-refractivity contribution in [1.29, 1.82) is 0 Å². The molecule has 1 fully saturated rings. The highest BCUT2D eigenvalue weighted by molar-refractivity contribution is 7.89. The summed E-state index contributed by atoms with van der Waals surface area (Å²) in [6.07, 6.45) is 0.839. The summed E-state index contributed by atoms with van der Waals surface area (Å²) < 4.78 is 31.2. The van der Waals surface area contributed by atoms with Gasteiger partial charge in [-0.3, -0.25) is 0 Å². The summed E-state index contributed by atoms with van der Waals surface area (Å²) in [5.41, 5.74) is 5.58. The van der Waals surface area contributed by atoms with Gasteiger partial charge in [-0.15, -0.1) is 0 Å². The van der Waals surface area contributed by atoms with E-state index in [-0.39, 0.29) is 5.92 Å². The Kier molecular flexibility index (Phi) is 3.89. The Balaban J connectivity index is 2.20. The van der Waals surface area contributed by atoms with Crippen molar-refractivity contribution < 1.29 is 13.2 Å². The van der Waals surface area contributed by atoms with E-state index in [2.05, 4.69) is 0 Å². The van der Waals surface area contributed by atoms with Crippen molar-refractivity contribution in [3.63, 3.8) is 0 Å². The lowest BCUT2D eigenvalue weighted by molar-refractivity contribution is 0.414. The molecule has 1 heterocycles. The van der Waals surface area contributed by atoms with E-state index in [0.29, 0.717) is 30.3 Å². The van der Waals surface area contributed by atoms with Crippen LogP contribution < -0.4 is 10.5 Å². The summed E-state index contributed by atoms with van der Waals surface area (Å²) in [5.74, 6) is 0.924. The zero-order chi connectivity index (χ0) is 13.2. The van der Waals surface area contributed by atoms with Crippen LogP contribution in [0, 0.1) is 5.92 Å². The SMILES string of the molecule is COc1ccc(S(=O)(=O)N2CC[C@@H](CN)C2)cc1. The van der Waals surface area contributed by atoms with Gasteiger partial charge in [0.05, 0.1) is 12.0 Å². The smallest absolute Gasteiger partial charge is 0.243 e. The number of ether oxygens (including phenoxy) is 1. The summed E-state index contributed by atoms with van der Waals surface area (Å²) in [5, 5.41) is 0. The van der Waals surface area contributed by atoms with Crippen molar-refractivity contribution in [3.8, 4) is 5.75 Å². The number of rotatable bonds is 4. The molecule has 1 aromatic rings. The second kappa shape index (κ2) is 5.26. The van der Waals surface area contributed by atoms with Crippen LogP contribution in [0.15, 0.2) is 29.2 Å². The normalized spacial score (nSPS) is 21.1. The number of methoxy groups -OCH3 is 1. The topological polar surface area (TPSA) is 72.6 Å². The van der Waals surface area contributed by atoms with Gasteiger partial charge in [0.1, 0.15) is 5.75 Å². The lowest BCUT2D eigenvalue weighted by Gasteiger charge is -2.16. The molecule has 0 unspecified atom stereocenters. The van der Waals surface area contributed by atoms with Gasteiger partial charge in [-0.05, 0) is 43.1 Å². The fourth-order valence-electron chi connectivity index (χ4n) is 2.10. The molecule has 0 radical (unpaired) electrons. The molecule has 1 saturated heterocycles. The molecule has 2 rings (SSSR count). The number of sulfonamides is 1. The lowest BCUT2D eigenvalue weighted by atomic mass is 10.1. The molecule has 1 atom stereocenters. The van der Waals surface area contributed by atoms with E-state index in [9.17, 15) is 8.42 Å². The van der Waals surface area contributed by atoms with Gasteiger partial charge in [-0.1, -0.05) is 0 Å². The summed E-state index contributed by atoms with van der Waals surface area (Å²) in [6.45, 7) is 1.61. The van der Waals surface area contributed by atoms with Crippen LogP contribution in [0.3, 0.4) is 0 Å². The quantitative estimate of drug-likeness (QED) is 0.872. The van der Waals surface area contributed by atoms with Crippen LogP contribution >= 0.6 is 0 Å². The van der Waals surface area contributed by atoms with E-state index in [1.165, 1.54) is 4.31 Å². The maximum atomic E-state index is 12.3. The average molecular weight is 270 g/mol. The number of hydrogen-bond donors (Lipinski definition) is 1. The highest BCUT2D eigenvalue weighted by atomic mass is 32.2. The Morgan fingerprint density at radius 3 is 2.56 bits per heavy atom. The Hall–Kier alpha value is -1.11. The predicted molar refractivity (Wildman–Crippen MR) is 68.9 cm³/mol. The molecule has 0 saturated carbocycles. The van der Waals surface area contributed by atoms with E-state index >= 15 is 0 Å². The second-order valence-corrected chi connectivity index (χ2v) is 6.37. The Morgan fingerprint density at radius 2 is 2.06 bits per heavy atom. The monoisotopic (exact) mass is 270 g/mol. The molecule has 0 aromatic heterocycles. The van der Waals surface area contributed by atoms with Gasteiger partial charge >= 0.3 is 0 Å². The van der Waals surface area contributed by atoms with Crippen LogP contribution in [0.1, 0.15) is 6.42 Å². The third-order valence-electron chi connectivity index (χ3n) is 3.28. The second-order valence-electron chi connectivity index (χ2n) is 4.43. The van der Waals surface area contributed by atoms with Crippen molar-refractivity contribution in [2.75, 3.05) is 26.7 Å². The van der Waals surface area contributed by atoms with E-state index < -0.39 is 10.0 Å². The maximum Gasteiger partial charge on any atom is 0.243 e. The van der Waals surface area contributed by atoms with Crippen molar-refractivity contribution in [2.45, 2.75) is 11.3 Å². The molecule has 100 valence electrons. The van der Waals surface area contributed by atoms with Crippen LogP contribution in [0.5, 0.6) is 5.75 Å². The molecule has 0 bridgehead atoms. The highest BCUT2D eigenvalue weighted by Crippen LogP contribution is 2.24. The number of hydrogen-bond acceptors (Lipinski definition) is 4. The fourth-order valence-corrected chi connectivity index (χ4v) is 3.64. The highest BCUT2D eigenvalue weighted by Gasteiger charge is 2.31. The van der Waals surface area contributed by atoms with Gasteiger partial charge in [0.25, 0.3) is 0 Å². The minimum atomic E-state index is -3.38. The number of nitrogens with two attached hydrogens (primary N) is 1. The van der Waals surface area contributed by atoms with E-state index in [0.717, 1.165) is 6.42 Å². The van der Waals surface area contributed by atoms with Gasteiger partial charge in [-0.2, -0.15) is 4.31 Å². The maximum absolute atomic E-state index is 12.3. The van der Waals surface area contributed by atoms with E-state index in [1.54, 1.807) is 31.4 Å². The van der Waals surface area contributed by atoms with Crippen molar-refractivity contribution >= 4 is 10.0 Å². The van der Waals surface area contributed by atoms with Crippen molar-refractivity contribution in [2.24, 2.45) is 11.7 Å². The molecule has 0 spiro atoms. The molecule has 6 heteroatoms. The minimum absolute atomic E-state index is 0.276. The zero-order valence-electron chi connectivity index (χ0n) is 10.4. The predicted octanol–water partition coefficient (Wildman–Crippen LogP) is 0.664. The van der Waals surface area contributed by atoms with Crippen LogP contribution in [-0.4, -0.2) is 39.5 Å². The van der Waals surface area contributed by atoms with Crippen LogP contribution in [0.2, 0.25) is 0 Å². The largest absolute Gasteiger partial charge is 0.497 e. The van der Waals surface area contributed by atoms with Crippen LogP contribution in [0.25, 0.3) is 0 Å². The van der Waals surface area contributed by atoms with Gasteiger partial charge in [0.2, 0.25) is 10.0 Å². The van der Waals surface area contributed by atoms with Gasteiger partial charge < -0.3 is 10.5 Å². The molecular weight excluding hydrogens is 252 g/mol. The Morgan fingerprint density at radius 1 is 1.39 bits per heavy atom. The summed E-state index contributed by atoms with van der Waals surface area (Å²) >= 11 is 0. The standard InChI is InChI=1S/C12H18N2O3S/c1-17-11-2-4-12(5-3-11)18(15,16)14-7-6-10(8-13)9-14/h2-5,10H,6-9,13H2,1H3/t10-/m0/s1. The van der Waals surface area contributed by atoms with Gasteiger partial charge in [0.15, 0.2) is 0 Å². The summed E-state index contributed by atoms with van der Waals surface area (Å²) in [4.78, 5) is 0.306. The first-order valence-electron chi connectivity index (χ1n) is 5.92. The molecule has 5 nitrogen and oxygen atoms in total. The Labute approximate surface area is 108 Å². The lowest BCUT2D eigenvalue weighted by Crippen LogP contribution is -2.29. The Bertz CT molecular complexity index is 499. The first-order chi connectivity index (χ1) is 8.57. The number of nitrogens with zero attached hydrogens (tertiary/aromatic N) is 1. The van der Waals surface area contributed by atoms with Crippen LogP contribution in [-0.2, 0) is 10.0 Å². The summed E-state index contributed by atoms with van der Waals surface area (Å²) in [7, 11) is -1.83. The van der Waals surface area contributed by atoms with Crippen molar-refractivity contribution in [1.82, 2.24) is 4.31 Å². The van der Waals surface area contributed by atoms with Crippen LogP contribution in [0.4, 0.5) is 0 Å². The molecule has 0 aliphatic carbocycles. The van der Waals surface area contributed by atoms with Gasteiger partial charge in [0, 0.05) is 13.1 Å². The summed E-state index contributed by atoms with van der Waals surface area (Å²) in [6, 6.07) is 6.46. The molecule has 2 N–H and O–H groups in total. The van der Waals surface area contributed by atoms with E-state index in [4.69, 9.17) is 10.5 Å². The molecule has 0 amide bonds.